The first-order valence-corrected chi connectivity index (χ1v) is 6.61. The van der Waals surface area contributed by atoms with Crippen LogP contribution in [0.25, 0.3) is 10.9 Å². The van der Waals surface area contributed by atoms with E-state index in [0.29, 0.717) is 21.6 Å². The molecule has 0 unspecified atom stereocenters. The lowest BCUT2D eigenvalue weighted by molar-refractivity contribution is 0.296. The number of hydrogen-bond donors (Lipinski definition) is 0. The summed E-state index contributed by atoms with van der Waals surface area (Å²) in [5.41, 5.74) is 0.787. The van der Waals surface area contributed by atoms with Crippen LogP contribution in [-0.2, 0) is 6.61 Å². The number of fused-ring (bicyclic) bond motifs is 1. The fraction of sp³-hybridized carbons (Fsp3) is 0.0714. The van der Waals surface area contributed by atoms with Gasteiger partial charge in [0.2, 0.25) is 0 Å². The van der Waals surface area contributed by atoms with E-state index in [1.807, 2.05) is 6.07 Å². The molecule has 3 rings (SSSR count). The number of halogens is 2. The maximum Gasteiger partial charge on any atom is 0.166 e. The van der Waals surface area contributed by atoms with Crippen molar-refractivity contribution in [2.24, 2.45) is 0 Å². The highest BCUT2D eigenvalue weighted by Gasteiger charge is 2.03. The predicted octanol–water partition coefficient (Wildman–Crippen LogP) is 3.91. The number of pyridine rings is 1. The number of ether oxygens (including phenoxy) is 1. The SMILES string of the molecule is Clc1ccc(OCc2ncc3ccncc3n2)cc1Cl. The van der Waals surface area contributed by atoms with Gasteiger partial charge in [0.15, 0.2) is 5.82 Å². The fourth-order valence-electron chi connectivity index (χ4n) is 1.70. The van der Waals surface area contributed by atoms with Crippen molar-refractivity contribution < 1.29 is 4.74 Å². The van der Waals surface area contributed by atoms with Crippen molar-refractivity contribution in [3.63, 3.8) is 0 Å². The van der Waals surface area contributed by atoms with Crippen molar-refractivity contribution in [3.8, 4) is 5.75 Å². The molecule has 0 saturated heterocycles. The summed E-state index contributed by atoms with van der Waals surface area (Å²) in [7, 11) is 0. The Morgan fingerprint density at radius 2 is 1.95 bits per heavy atom. The van der Waals surface area contributed by atoms with Gasteiger partial charge in [-0.2, -0.15) is 0 Å². The molecule has 0 fully saturated rings. The van der Waals surface area contributed by atoms with Gasteiger partial charge in [0.05, 0.1) is 21.8 Å². The highest BCUT2D eigenvalue weighted by molar-refractivity contribution is 6.42. The van der Waals surface area contributed by atoms with Crippen LogP contribution in [0, 0.1) is 0 Å². The van der Waals surface area contributed by atoms with Crippen LogP contribution in [-0.4, -0.2) is 15.0 Å². The molecule has 0 bridgehead atoms. The van der Waals surface area contributed by atoms with Gasteiger partial charge < -0.3 is 4.74 Å². The van der Waals surface area contributed by atoms with Crippen molar-refractivity contribution in [3.05, 3.63) is 58.7 Å². The van der Waals surface area contributed by atoms with E-state index in [0.717, 1.165) is 10.9 Å². The summed E-state index contributed by atoms with van der Waals surface area (Å²) in [5.74, 6) is 1.20. The van der Waals surface area contributed by atoms with Gasteiger partial charge >= 0.3 is 0 Å². The van der Waals surface area contributed by atoms with E-state index < -0.39 is 0 Å². The number of aromatic nitrogens is 3. The Balaban J connectivity index is 1.77. The zero-order valence-electron chi connectivity index (χ0n) is 10.3. The standard InChI is InChI=1S/C14H9Cl2N3O/c15-11-2-1-10(5-12(11)16)20-8-14-18-6-9-3-4-17-7-13(9)19-14/h1-7H,8H2. The predicted molar refractivity (Wildman–Crippen MR) is 78.1 cm³/mol. The number of hydrogen-bond acceptors (Lipinski definition) is 4. The van der Waals surface area contributed by atoms with Gasteiger partial charge in [-0.3, -0.25) is 4.98 Å². The third-order valence-electron chi connectivity index (χ3n) is 2.69. The molecule has 0 aliphatic rings. The van der Waals surface area contributed by atoms with Crippen LogP contribution in [0.3, 0.4) is 0 Å². The zero-order valence-corrected chi connectivity index (χ0v) is 11.8. The lowest BCUT2D eigenvalue weighted by Gasteiger charge is -2.06. The van der Waals surface area contributed by atoms with E-state index >= 15 is 0 Å². The van der Waals surface area contributed by atoms with Crippen molar-refractivity contribution in [2.75, 3.05) is 0 Å². The molecule has 0 spiro atoms. The third-order valence-corrected chi connectivity index (χ3v) is 3.43. The Kier molecular flexibility index (Phi) is 3.67. The Hall–Kier alpha value is -1.91. The summed E-state index contributed by atoms with van der Waals surface area (Å²) in [4.78, 5) is 12.6. The van der Waals surface area contributed by atoms with E-state index in [4.69, 9.17) is 27.9 Å². The molecular formula is C14H9Cl2N3O. The van der Waals surface area contributed by atoms with Crippen molar-refractivity contribution in [2.45, 2.75) is 6.61 Å². The first-order chi connectivity index (χ1) is 9.72. The molecule has 1 aromatic carbocycles. The first-order valence-electron chi connectivity index (χ1n) is 5.86. The van der Waals surface area contributed by atoms with Crippen molar-refractivity contribution in [1.29, 1.82) is 0 Å². The maximum atomic E-state index is 5.92. The molecule has 0 aliphatic carbocycles. The highest BCUT2D eigenvalue weighted by atomic mass is 35.5. The molecule has 3 aromatic rings. The summed E-state index contributed by atoms with van der Waals surface area (Å²) < 4.78 is 5.59. The molecule has 0 radical (unpaired) electrons. The summed E-state index contributed by atoms with van der Waals surface area (Å²) in [5, 5.41) is 1.89. The number of benzene rings is 1. The maximum absolute atomic E-state index is 5.92. The third kappa shape index (κ3) is 2.81. The Morgan fingerprint density at radius 3 is 2.80 bits per heavy atom. The lowest BCUT2D eigenvalue weighted by atomic mass is 10.3. The van der Waals surface area contributed by atoms with Crippen molar-refractivity contribution in [1.82, 2.24) is 15.0 Å². The fourth-order valence-corrected chi connectivity index (χ4v) is 1.98. The molecule has 0 N–H and O–H groups in total. The van der Waals surface area contributed by atoms with Crippen LogP contribution in [0.1, 0.15) is 5.82 Å². The van der Waals surface area contributed by atoms with Crippen LogP contribution < -0.4 is 4.74 Å². The first kappa shape index (κ1) is 13.1. The average Bonchev–Trinajstić information content (AvgIpc) is 2.48. The molecule has 6 heteroatoms. The van der Waals surface area contributed by atoms with E-state index in [9.17, 15) is 0 Å². The minimum absolute atomic E-state index is 0.253. The van der Waals surface area contributed by atoms with Crippen LogP contribution in [0.15, 0.2) is 42.9 Å². The van der Waals surface area contributed by atoms with Gasteiger partial charge in [-0.1, -0.05) is 23.2 Å². The summed E-state index contributed by atoms with van der Waals surface area (Å²) in [6.07, 6.45) is 5.15. The Morgan fingerprint density at radius 1 is 1.05 bits per heavy atom. The molecule has 0 amide bonds. The van der Waals surface area contributed by atoms with Gasteiger partial charge in [0.25, 0.3) is 0 Å². The Bertz CT molecular complexity index is 764. The number of nitrogens with zero attached hydrogens (tertiary/aromatic N) is 3. The van der Waals surface area contributed by atoms with E-state index in [1.165, 1.54) is 0 Å². The van der Waals surface area contributed by atoms with Crippen molar-refractivity contribution >= 4 is 34.1 Å². The molecule has 0 aliphatic heterocycles. The van der Waals surface area contributed by atoms with Gasteiger partial charge in [-0.05, 0) is 18.2 Å². The summed E-state index contributed by atoms with van der Waals surface area (Å²) in [6, 6.07) is 6.95. The minimum atomic E-state index is 0.253. The van der Waals surface area contributed by atoms with E-state index in [2.05, 4.69) is 15.0 Å². The number of rotatable bonds is 3. The monoisotopic (exact) mass is 305 g/mol. The van der Waals surface area contributed by atoms with E-state index in [-0.39, 0.29) is 6.61 Å². The minimum Gasteiger partial charge on any atom is -0.486 e. The smallest absolute Gasteiger partial charge is 0.166 e. The van der Waals surface area contributed by atoms with Crippen LogP contribution in [0.4, 0.5) is 0 Å². The molecule has 0 atom stereocenters. The second kappa shape index (κ2) is 5.61. The summed E-state index contributed by atoms with van der Waals surface area (Å²) in [6.45, 7) is 0.253. The summed E-state index contributed by atoms with van der Waals surface area (Å²) >= 11 is 11.8. The van der Waals surface area contributed by atoms with Gasteiger partial charge in [-0.25, -0.2) is 9.97 Å². The molecule has 2 heterocycles. The van der Waals surface area contributed by atoms with Crippen LogP contribution in [0.5, 0.6) is 5.75 Å². The quantitative estimate of drug-likeness (QED) is 0.736. The Labute approximate surface area is 125 Å². The topological polar surface area (TPSA) is 47.9 Å². The molecule has 2 aromatic heterocycles. The van der Waals surface area contributed by atoms with Gasteiger partial charge in [0, 0.05) is 23.8 Å². The molecule has 20 heavy (non-hydrogen) atoms. The zero-order chi connectivity index (χ0) is 13.9. The van der Waals surface area contributed by atoms with Crippen LogP contribution in [0.2, 0.25) is 10.0 Å². The normalized spacial score (nSPS) is 10.7. The molecule has 0 saturated carbocycles. The average molecular weight is 306 g/mol. The second-order valence-corrected chi connectivity index (χ2v) is 4.90. The molecular weight excluding hydrogens is 297 g/mol. The molecule has 4 nitrogen and oxygen atoms in total. The molecule has 100 valence electrons. The van der Waals surface area contributed by atoms with E-state index in [1.54, 1.807) is 36.8 Å². The highest BCUT2D eigenvalue weighted by Crippen LogP contribution is 2.26. The largest absolute Gasteiger partial charge is 0.486 e. The van der Waals surface area contributed by atoms with Gasteiger partial charge in [0.1, 0.15) is 12.4 Å². The van der Waals surface area contributed by atoms with Crippen LogP contribution >= 0.6 is 23.2 Å². The van der Waals surface area contributed by atoms with Gasteiger partial charge in [-0.15, -0.1) is 0 Å². The second-order valence-electron chi connectivity index (χ2n) is 4.09. The lowest BCUT2D eigenvalue weighted by Crippen LogP contribution is -2.01.